The van der Waals surface area contributed by atoms with E-state index in [-0.39, 0.29) is 42.3 Å². The second-order valence-electron chi connectivity index (χ2n) is 6.21. The number of piperidine rings is 1. The molecule has 3 heterocycles. The van der Waals surface area contributed by atoms with Gasteiger partial charge in [0.1, 0.15) is 11.4 Å². The van der Waals surface area contributed by atoms with E-state index in [2.05, 4.69) is 10.4 Å². The van der Waals surface area contributed by atoms with Crippen molar-refractivity contribution in [1.29, 1.82) is 0 Å². The number of sulfonamides is 1. The number of carbonyl (C=O) groups excluding carboxylic acids is 1. The molecule has 148 valence electrons. The number of nitrogens with zero attached hydrogens (tertiary/aromatic N) is 4. The largest absolute Gasteiger partial charge is 0.336 e. The van der Waals surface area contributed by atoms with Crippen molar-refractivity contribution in [3.05, 3.63) is 12.4 Å². The van der Waals surface area contributed by atoms with E-state index in [1.165, 1.54) is 4.31 Å². The van der Waals surface area contributed by atoms with Gasteiger partial charge in [0.25, 0.3) is 6.43 Å². The zero-order valence-corrected chi connectivity index (χ0v) is 15.7. The van der Waals surface area contributed by atoms with Gasteiger partial charge in [0.2, 0.25) is 15.9 Å². The van der Waals surface area contributed by atoms with Crippen LogP contribution in [0.1, 0.15) is 12.8 Å². The SMILES string of the molecule is Cl.O=C1CNCCN1C1CCCN(S(=O)(=O)c2cnn(CC(F)F)c2)C1. The van der Waals surface area contributed by atoms with Crippen molar-refractivity contribution in [2.75, 3.05) is 32.7 Å². The average molecular weight is 414 g/mol. The van der Waals surface area contributed by atoms with Crippen LogP contribution in [0.2, 0.25) is 0 Å². The molecule has 3 rings (SSSR count). The van der Waals surface area contributed by atoms with Crippen LogP contribution in [0, 0.1) is 0 Å². The van der Waals surface area contributed by atoms with E-state index in [9.17, 15) is 22.0 Å². The molecule has 1 unspecified atom stereocenters. The second kappa shape index (κ2) is 8.59. The minimum atomic E-state index is -3.81. The molecule has 2 saturated heterocycles. The maximum absolute atomic E-state index is 12.8. The molecule has 2 aliphatic heterocycles. The van der Waals surface area contributed by atoms with E-state index >= 15 is 0 Å². The summed E-state index contributed by atoms with van der Waals surface area (Å²) in [6.07, 6.45) is 1.01. The summed E-state index contributed by atoms with van der Waals surface area (Å²) in [6, 6.07) is -0.158. The molecule has 8 nitrogen and oxygen atoms in total. The summed E-state index contributed by atoms with van der Waals surface area (Å²) in [5, 5.41) is 6.69. The van der Waals surface area contributed by atoms with Crippen LogP contribution in [-0.2, 0) is 21.4 Å². The molecular formula is C14H22ClF2N5O3S. The number of alkyl halides is 2. The number of carbonyl (C=O) groups is 1. The number of rotatable bonds is 5. The summed E-state index contributed by atoms with van der Waals surface area (Å²) < 4.78 is 52.6. The lowest BCUT2D eigenvalue weighted by atomic mass is 10.1. The van der Waals surface area contributed by atoms with Gasteiger partial charge in [0, 0.05) is 38.4 Å². The van der Waals surface area contributed by atoms with Gasteiger partial charge in [-0.15, -0.1) is 12.4 Å². The smallest absolute Gasteiger partial charge is 0.257 e. The Hall–Kier alpha value is -1.30. The number of halogens is 3. The summed E-state index contributed by atoms with van der Waals surface area (Å²) in [7, 11) is -3.81. The first kappa shape index (κ1) is 21.0. The fraction of sp³-hybridized carbons (Fsp3) is 0.714. The van der Waals surface area contributed by atoms with Crippen molar-refractivity contribution in [3.63, 3.8) is 0 Å². The van der Waals surface area contributed by atoms with Crippen molar-refractivity contribution >= 4 is 28.3 Å². The topological polar surface area (TPSA) is 87.5 Å². The Bertz CT molecular complexity index is 730. The van der Waals surface area contributed by atoms with E-state index in [1.54, 1.807) is 4.90 Å². The highest BCUT2D eigenvalue weighted by Crippen LogP contribution is 2.23. The number of hydrogen-bond acceptors (Lipinski definition) is 5. The Morgan fingerprint density at radius 3 is 2.81 bits per heavy atom. The van der Waals surface area contributed by atoms with Crippen molar-refractivity contribution < 1.29 is 22.0 Å². The maximum atomic E-state index is 12.8. The zero-order valence-electron chi connectivity index (χ0n) is 14.1. The van der Waals surface area contributed by atoms with Crippen LogP contribution in [0.3, 0.4) is 0 Å². The first-order chi connectivity index (χ1) is 11.9. The Labute approximate surface area is 157 Å². The molecule has 1 N–H and O–H groups in total. The van der Waals surface area contributed by atoms with Gasteiger partial charge in [-0.25, -0.2) is 17.2 Å². The molecule has 0 saturated carbocycles. The molecule has 2 aliphatic rings. The normalized spacial score (nSPS) is 22.5. The standard InChI is InChI=1S/C14H21F2N5O3S.ClH/c15-13(16)10-19-9-12(6-18-19)25(23,24)20-4-1-2-11(8-20)21-5-3-17-7-14(21)22;/h6,9,11,13,17H,1-5,7-8,10H2;1H. The van der Waals surface area contributed by atoms with Gasteiger partial charge in [-0.1, -0.05) is 0 Å². The number of aromatic nitrogens is 2. The number of amides is 1. The summed E-state index contributed by atoms with van der Waals surface area (Å²) in [5.41, 5.74) is 0. The van der Waals surface area contributed by atoms with E-state index in [0.717, 1.165) is 23.5 Å². The summed E-state index contributed by atoms with van der Waals surface area (Å²) in [6.45, 7) is 1.43. The van der Waals surface area contributed by atoms with E-state index < -0.39 is 23.0 Å². The van der Waals surface area contributed by atoms with Crippen molar-refractivity contribution in [1.82, 2.24) is 24.3 Å². The third-order valence-corrected chi connectivity index (χ3v) is 6.32. The quantitative estimate of drug-likeness (QED) is 0.742. The molecule has 26 heavy (non-hydrogen) atoms. The molecule has 1 aromatic rings. The van der Waals surface area contributed by atoms with Crippen LogP contribution in [0.25, 0.3) is 0 Å². The highest BCUT2D eigenvalue weighted by molar-refractivity contribution is 7.89. The molecule has 1 aromatic heterocycles. The lowest BCUT2D eigenvalue weighted by molar-refractivity contribution is -0.135. The maximum Gasteiger partial charge on any atom is 0.257 e. The van der Waals surface area contributed by atoms with Gasteiger partial charge in [-0.2, -0.15) is 9.40 Å². The Morgan fingerprint density at radius 2 is 2.12 bits per heavy atom. The van der Waals surface area contributed by atoms with Crippen LogP contribution in [0.15, 0.2) is 17.3 Å². The third kappa shape index (κ3) is 4.51. The summed E-state index contributed by atoms with van der Waals surface area (Å²) in [4.78, 5) is 13.7. The predicted octanol–water partition coefficient (Wildman–Crippen LogP) is 0.155. The van der Waals surface area contributed by atoms with E-state index in [4.69, 9.17) is 0 Å². The molecule has 0 aliphatic carbocycles. The Balaban J connectivity index is 0.00000243. The van der Waals surface area contributed by atoms with Gasteiger partial charge in [-0.3, -0.25) is 9.48 Å². The first-order valence-electron chi connectivity index (χ1n) is 8.19. The molecule has 1 amide bonds. The minimum Gasteiger partial charge on any atom is -0.336 e. The summed E-state index contributed by atoms with van der Waals surface area (Å²) in [5.74, 6) is -0.0275. The number of nitrogens with one attached hydrogen (secondary N) is 1. The molecule has 1 atom stereocenters. The van der Waals surface area contributed by atoms with Gasteiger partial charge in [-0.05, 0) is 12.8 Å². The molecule has 0 spiro atoms. The van der Waals surface area contributed by atoms with Crippen LogP contribution < -0.4 is 5.32 Å². The van der Waals surface area contributed by atoms with Crippen LogP contribution >= 0.6 is 12.4 Å². The van der Waals surface area contributed by atoms with E-state index in [1.807, 2.05) is 0 Å². The Kier molecular flexibility index (Phi) is 6.94. The minimum absolute atomic E-state index is 0. The highest BCUT2D eigenvalue weighted by Gasteiger charge is 2.35. The number of piperazine rings is 1. The molecule has 12 heteroatoms. The van der Waals surface area contributed by atoms with E-state index in [0.29, 0.717) is 26.1 Å². The molecule has 0 aromatic carbocycles. The Morgan fingerprint density at radius 1 is 1.35 bits per heavy atom. The first-order valence-corrected chi connectivity index (χ1v) is 9.63. The molecule has 0 bridgehead atoms. The van der Waals surface area contributed by atoms with Crippen LogP contribution in [0.5, 0.6) is 0 Å². The molecule has 0 radical (unpaired) electrons. The fourth-order valence-electron chi connectivity index (χ4n) is 3.27. The zero-order chi connectivity index (χ0) is 18.0. The summed E-state index contributed by atoms with van der Waals surface area (Å²) >= 11 is 0. The van der Waals surface area contributed by atoms with Crippen LogP contribution in [-0.4, -0.2) is 78.5 Å². The predicted molar refractivity (Wildman–Crippen MR) is 91.8 cm³/mol. The average Bonchev–Trinajstić information content (AvgIpc) is 3.04. The lowest BCUT2D eigenvalue weighted by Gasteiger charge is -2.40. The molecular weight excluding hydrogens is 392 g/mol. The number of hydrogen-bond donors (Lipinski definition) is 1. The van der Waals surface area contributed by atoms with Gasteiger partial charge >= 0.3 is 0 Å². The van der Waals surface area contributed by atoms with Gasteiger partial charge < -0.3 is 10.2 Å². The van der Waals surface area contributed by atoms with Crippen LogP contribution in [0.4, 0.5) is 8.78 Å². The monoisotopic (exact) mass is 413 g/mol. The van der Waals surface area contributed by atoms with Crippen molar-refractivity contribution in [3.8, 4) is 0 Å². The fourth-order valence-corrected chi connectivity index (χ4v) is 4.74. The van der Waals surface area contributed by atoms with Gasteiger partial charge in [0.05, 0.1) is 12.7 Å². The highest BCUT2D eigenvalue weighted by atomic mass is 35.5. The third-order valence-electron chi connectivity index (χ3n) is 4.50. The van der Waals surface area contributed by atoms with Gasteiger partial charge in [0.15, 0.2) is 0 Å². The van der Waals surface area contributed by atoms with Crippen molar-refractivity contribution in [2.24, 2.45) is 0 Å². The lowest BCUT2D eigenvalue weighted by Crippen LogP contribution is -2.57. The second-order valence-corrected chi connectivity index (χ2v) is 8.15. The van der Waals surface area contributed by atoms with Crippen molar-refractivity contribution in [2.45, 2.75) is 36.7 Å². The molecule has 2 fully saturated rings.